The first-order valence-electron chi connectivity index (χ1n) is 6.74. The molecular formula is C14H20N2O3. The standard InChI is InChI=1S/C14H20N2O3/c17-11(10-16-7-2-1-3-8-16)9-13-12(14(18)19)5-4-6-15-13/h4-6,11,17H,1-3,7-10H2,(H,18,19). The molecule has 1 fully saturated rings. The molecule has 1 aliphatic rings. The summed E-state index contributed by atoms with van der Waals surface area (Å²) in [4.78, 5) is 17.4. The van der Waals surface area contributed by atoms with Gasteiger partial charge in [-0.3, -0.25) is 4.98 Å². The minimum absolute atomic E-state index is 0.181. The van der Waals surface area contributed by atoms with Gasteiger partial charge in [-0.2, -0.15) is 0 Å². The number of nitrogens with zero attached hydrogens (tertiary/aromatic N) is 2. The first-order chi connectivity index (χ1) is 9.16. The van der Waals surface area contributed by atoms with E-state index in [4.69, 9.17) is 5.11 Å². The van der Waals surface area contributed by atoms with Crippen LogP contribution in [-0.2, 0) is 6.42 Å². The molecule has 2 rings (SSSR count). The van der Waals surface area contributed by atoms with Gasteiger partial charge in [0.25, 0.3) is 0 Å². The first kappa shape index (κ1) is 14.0. The zero-order chi connectivity index (χ0) is 13.7. The molecule has 104 valence electrons. The fraction of sp³-hybridized carbons (Fsp3) is 0.571. The Morgan fingerprint density at radius 2 is 2.11 bits per heavy atom. The lowest BCUT2D eigenvalue weighted by Gasteiger charge is -2.28. The Bertz CT molecular complexity index is 430. The van der Waals surface area contributed by atoms with Crippen molar-refractivity contribution in [2.75, 3.05) is 19.6 Å². The molecule has 0 bridgehead atoms. The van der Waals surface area contributed by atoms with Gasteiger partial charge in [-0.05, 0) is 38.1 Å². The smallest absolute Gasteiger partial charge is 0.337 e. The zero-order valence-corrected chi connectivity index (χ0v) is 11.0. The van der Waals surface area contributed by atoms with Crippen LogP contribution in [0.4, 0.5) is 0 Å². The maximum atomic E-state index is 11.1. The number of carbonyl (C=O) groups is 1. The number of carboxylic acid groups (broad SMARTS) is 1. The summed E-state index contributed by atoms with van der Waals surface area (Å²) in [5.41, 5.74) is 0.639. The number of pyridine rings is 1. The van der Waals surface area contributed by atoms with Crippen molar-refractivity contribution in [1.29, 1.82) is 0 Å². The molecular weight excluding hydrogens is 244 g/mol. The molecule has 0 spiro atoms. The molecule has 0 radical (unpaired) electrons. The summed E-state index contributed by atoms with van der Waals surface area (Å²) in [7, 11) is 0. The lowest BCUT2D eigenvalue weighted by Crippen LogP contribution is -2.37. The molecule has 0 aromatic carbocycles. The van der Waals surface area contributed by atoms with Gasteiger partial charge in [-0.15, -0.1) is 0 Å². The highest BCUT2D eigenvalue weighted by atomic mass is 16.4. The minimum atomic E-state index is -0.992. The van der Waals surface area contributed by atoms with Gasteiger partial charge in [0.1, 0.15) is 0 Å². The van der Waals surface area contributed by atoms with Crippen LogP contribution in [-0.4, -0.2) is 51.8 Å². The third-order valence-corrected chi connectivity index (χ3v) is 3.47. The summed E-state index contributed by atoms with van der Waals surface area (Å²) in [5, 5.41) is 19.2. The van der Waals surface area contributed by atoms with Crippen LogP contribution in [0.2, 0.25) is 0 Å². The molecule has 0 aliphatic carbocycles. The van der Waals surface area contributed by atoms with Gasteiger partial charge in [0.2, 0.25) is 0 Å². The maximum Gasteiger partial charge on any atom is 0.337 e. The van der Waals surface area contributed by atoms with E-state index in [1.807, 2.05) is 0 Å². The van der Waals surface area contributed by atoms with Crippen molar-refractivity contribution in [3.63, 3.8) is 0 Å². The van der Waals surface area contributed by atoms with Crippen molar-refractivity contribution in [2.24, 2.45) is 0 Å². The fourth-order valence-corrected chi connectivity index (χ4v) is 2.52. The van der Waals surface area contributed by atoms with Gasteiger partial charge in [0.15, 0.2) is 0 Å². The van der Waals surface area contributed by atoms with Gasteiger partial charge < -0.3 is 15.1 Å². The van der Waals surface area contributed by atoms with Crippen LogP contribution in [0.25, 0.3) is 0 Å². The minimum Gasteiger partial charge on any atom is -0.478 e. The van der Waals surface area contributed by atoms with Gasteiger partial charge in [0.05, 0.1) is 17.4 Å². The second kappa shape index (κ2) is 6.63. The predicted molar refractivity (Wildman–Crippen MR) is 71.2 cm³/mol. The summed E-state index contributed by atoms with van der Waals surface area (Å²) < 4.78 is 0. The molecule has 5 heteroatoms. The number of aliphatic hydroxyl groups is 1. The van der Waals surface area contributed by atoms with Crippen LogP contribution < -0.4 is 0 Å². The Kier molecular flexibility index (Phi) is 4.87. The number of likely N-dealkylation sites (tertiary alicyclic amines) is 1. The van der Waals surface area contributed by atoms with Crippen molar-refractivity contribution < 1.29 is 15.0 Å². The molecule has 1 saturated heterocycles. The molecule has 0 saturated carbocycles. The van der Waals surface area contributed by atoms with Crippen molar-refractivity contribution >= 4 is 5.97 Å². The SMILES string of the molecule is O=C(O)c1cccnc1CC(O)CN1CCCCC1. The van der Waals surface area contributed by atoms with E-state index in [0.29, 0.717) is 18.7 Å². The second-order valence-corrected chi connectivity index (χ2v) is 5.02. The van der Waals surface area contributed by atoms with Crippen LogP contribution in [0.5, 0.6) is 0 Å². The highest BCUT2D eigenvalue weighted by Crippen LogP contribution is 2.12. The first-order valence-corrected chi connectivity index (χ1v) is 6.74. The third kappa shape index (κ3) is 4.01. The van der Waals surface area contributed by atoms with Crippen molar-refractivity contribution in [3.05, 3.63) is 29.6 Å². The van der Waals surface area contributed by atoms with E-state index in [2.05, 4.69) is 9.88 Å². The van der Waals surface area contributed by atoms with Gasteiger partial charge in [0, 0.05) is 19.2 Å². The normalized spacial score (nSPS) is 18.2. The van der Waals surface area contributed by atoms with Gasteiger partial charge in [-0.25, -0.2) is 4.79 Å². The average molecular weight is 264 g/mol. The molecule has 1 unspecified atom stereocenters. The van der Waals surface area contributed by atoms with Crippen LogP contribution in [0.1, 0.15) is 35.3 Å². The Hall–Kier alpha value is -1.46. The van der Waals surface area contributed by atoms with Crippen molar-refractivity contribution in [3.8, 4) is 0 Å². The van der Waals surface area contributed by atoms with E-state index >= 15 is 0 Å². The number of rotatable bonds is 5. The van der Waals surface area contributed by atoms with Gasteiger partial charge in [-0.1, -0.05) is 6.42 Å². The summed E-state index contributed by atoms with van der Waals surface area (Å²) in [6, 6.07) is 3.13. The highest BCUT2D eigenvalue weighted by molar-refractivity contribution is 5.88. The molecule has 5 nitrogen and oxygen atoms in total. The summed E-state index contributed by atoms with van der Waals surface area (Å²) >= 11 is 0. The average Bonchev–Trinajstić information content (AvgIpc) is 2.40. The Morgan fingerprint density at radius 1 is 1.37 bits per heavy atom. The Balaban J connectivity index is 1.94. The number of aromatic nitrogens is 1. The van der Waals surface area contributed by atoms with Crippen LogP contribution in [0, 0.1) is 0 Å². The molecule has 19 heavy (non-hydrogen) atoms. The van der Waals surface area contributed by atoms with E-state index in [1.54, 1.807) is 12.3 Å². The number of hydrogen-bond donors (Lipinski definition) is 2. The van der Waals surface area contributed by atoms with E-state index in [9.17, 15) is 9.90 Å². The van der Waals surface area contributed by atoms with E-state index in [0.717, 1.165) is 13.1 Å². The number of piperidine rings is 1. The second-order valence-electron chi connectivity index (χ2n) is 5.02. The van der Waals surface area contributed by atoms with Crippen molar-refractivity contribution in [2.45, 2.75) is 31.8 Å². The molecule has 1 aromatic rings. The topological polar surface area (TPSA) is 73.7 Å². The van der Waals surface area contributed by atoms with E-state index in [1.165, 1.54) is 25.3 Å². The molecule has 1 aromatic heterocycles. The molecule has 1 aliphatic heterocycles. The monoisotopic (exact) mass is 264 g/mol. The molecule has 1 atom stereocenters. The Labute approximate surface area is 112 Å². The lowest BCUT2D eigenvalue weighted by molar-refractivity contribution is 0.0692. The van der Waals surface area contributed by atoms with Gasteiger partial charge >= 0.3 is 5.97 Å². The summed E-state index contributed by atoms with van der Waals surface area (Å²) in [6.45, 7) is 2.63. The highest BCUT2D eigenvalue weighted by Gasteiger charge is 2.18. The lowest BCUT2D eigenvalue weighted by atomic mass is 10.1. The fourth-order valence-electron chi connectivity index (χ4n) is 2.52. The van der Waals surface area contributed by atoms with Crippen LogP contribution in [0.15, 0.2) is 18.3 Å². The van der Waals surface area contributed by atoms with Crippen molar-refractivity contribution in [1.82, 2.24) is 9.88 Å². The molecule has 2 N–H and O–H groups in total. The predicted octanol–water partition coefficient (Wildman–Crippen LogP) is 1.17. The Morgan fingerprint density at radius 3 is 2.79 bits per heavy atom. The molecule has 0 amide bonds. The quantitative estimate of drug-likeness (QED) is 0.835. The number of β-amino-alcohol motifs (C(OH)–C–C–N with tert-alkyl or cyclic N) is 1. The number of carboxylic acids is 1. The van der Waals surface area contributed by atoms with E-state index < -0.39 is 12.1 Å². The number of aliphatic hydroxyl groups excluding tert-OH is 1. The summed E-state index contributed by atoms with van der Waals surface area (Å²) in [6.07, 6.45) is 4.91. The maximum absolute atomic E-state index is 11.1. The molecule has 2 heterocycles. The van der Waals surface area contributed by atoms with E-state index in [-0.39, 0.29) is 5.56 Å². The largest absolute Gasteiger partial charge is 0.478 e. The zero-order valence-electron chi connectivity index (χ0n) is 11.0. The summed E-state index contributed by atoms with van der Waals surface area (Å²) in [5.74, 6) is -0.992. The number of aromatic carboxylic acids is 1. The van der Waals surface area contributed by atoms with Crippen LogP contribution >= 0.6 is 0 Å². The third-order valence-electron chi connectivity index (χ3n) is 3.47. The number of hydrogen-bond acceptors (Lipinski definition) is 4. The van der Waals surface area contributed by atoms with Crippen LogP contribution in [0.3, 0.4) is 0 Å².